The average Bonchev–Trinajstić information content (AvgIpc) is 2.57. The van der Waals surface area contributed by atoms with Crippen molar-refractivity contribution < 1.29 is 18.9 Å². The fraction of sp³-hybridized carbons (Fsp3) is 0.176. The summed E-state index contributed by atoms with van der Waals surface area (Å²) in [6.45, 7) is 2.80. The van der Waals surface area contributed by atoms with Gasteiger partial charge in [0.05, 0.1) is 10.6 Å². The highest BCUT2D eigenvalue weighted by Crippen LogP contribution is 2.24. The molecule has 0 spiro atoms. The second kappa shape index (κ2) is 8.06. The number of halogens is 1. The molecule has 3 N–H and O–H groups in total. The number of hydrogen-bond donors (Lipinski definition) is 3. The predicted octanol–water partition coefficient (Wildman–Crippen LogP) is 3.13. The first-order valence-electron chi connectivity index (χ1n) is 7.66. The Hall–Kier alpha value is -3.49. The first-order chi connectivity index (χ1) is 12.3. The summed E-state index contributed by atoms with van der Waals surface area (Å²) in [5, 5.41) is 18.7. The Morgan fingerprint density at radius 1 is 1.12 bits per heavy atom. The van der Waals surface area contributed by atoms with Crippen LogP contribution in [0.1, 0.15) is 13.8 Å². The van der Waals surface area contributed by atoms with E-state index in [1.807, 2.05) is 0 Å². The van der Waals surface area contributed by atoms with Crippen LogP contribution in [0.25, 0.3) is 0 Å². The third kappa shape index (κ3) is 4.76. The molecule has 0 unspecified atom stereocenters. The maximum atomic E-state index is 13.6. The van der Waals surface area contributed by atoms with Gasteiger partial charge in [-0.1, -0.05) is 12.1 Å². The van der Waals surface area contributed by atoms with E-state index in [4.69, 9.17) is 0 Å². The van der Waals surface area contributed by atoms with Crippen molar-refractivity contribution in [3.8, 4) is 0 Å². The number of nitro groups is 1. The van der Waals surface area contributed by atoms with E-state index in [-0.39, 0.29) is 17.1 Å². The molecule has 1 atom stereocenters. The second-order valence-electron chi connectivity index (χ2n) is 5.51. The van der Waals surface area contributed by atoms with Crippen LogP contribution >= 0.6 is 0 Å². The second-order valence-corrected chi connectivity index (χ2v) is 5.51. The normalized spacial score (nSPS) is 11.3. The van der Waals surface area contributed by atoms with Gasteiger partial charge >= 0.3 is 0 Å². The highest BCUT2D eigenvalue weighted by molar-refractivity contribution is 5.98. The molecule has 0 aliphatic carbocycles. The fourth-order valence-electron chi connectivity index (χ4n) is 2.20. The van der Waals surface area contributed by atoms with Gasteiger partial charge in [0.25, 0.3) is 5.69 Å². The molecule has 136 valence electrons. The molecule has 8 nitrogen and oxygen atoms in total. The number of hydrogen-bond acceptors (Lipinski definition) is 5. The summed E-state index contributed by atoms with van der Waals surface area (Å²) in [5.74, 6) is -1.55. The van der Waals surface area contributed by atoms with Gasteiger partial charge in [0.2, 0.25) is 11.8 Å². The van der Waals surface area contributed by atoms with Crippen molar-refractivity contribution in [2.24, 2.45) is 0 Å². The first-order valence-corrected chi connectivity index (χ1v) is 7.66. The van der Waals surface area contributed by atoms with E-state index in [0.29, 0.717) is 5.69 Å². The smallest absolute Gasteiger partial charge is 0.292 e. The van der Waals surface area contributed by atoms with Gasteiger partial charge in [-0.25, -0.2) is 4.39 Å². The van der Waals surface area contributed by atoms with Gasteiger partial charge in [0, 0.05) is 18.7 Å². The Balaban J connectivity index is 2.10. The fourth-order valence-corrected chi connectivity index (χ4v) is 2.20. The molecule has 0 aromatic heterocycles. The quantitative estimate of drug-likeness (QED) is 0.541. The van der Waals surface area contributed by atoms with Gasteiger partial charge in [0.1, 0.15) is 17.5 Å². The zero-order valence-corrected chi connectivity index (χ0v) is 14.1. The van der Waals surface area contributed by atoms with Crippen LogP contribution in [0.2, 0.25) is 0 Å². The number of carbonyl (C=O) groups excluding carboxylic acids is 2. The van der Waals surface area contributed by atoms with E-state index in [1.165, 1.54) is 37.3 Å². The molecule has 0 bridgehead atoms. The molecule has 0 radical (unpaired) electrons. The summed E-state index contributed by atoms with van der Waals surface area (Å²) in [6, 6.07) is 8.92. The van der Waals surface area contributed by atoms with Crippen LogP contribution in [0, 0.1) is 15.9 Å². The van der Waals surface area contributed by atoms with Crippen LogP contribution in [-0.2, 0) is 9.59 Å². The van der Waals surface area contributed by atoms with Crippen LogP contribution in [-0.4, -0.2) is 22.8 Å². The number of carbonyl (C=O) groups is 2. The summed E-state index contributed by atoms with van der Waals surface area (Å²) < 4.78 is 13.6. The standard InChI is InChI=1S/C17H17FN4O4/c1-10(17(24)21-14-5-3-4-6-16(14)22(25)26)19-12-7-8-13(18)15(9-12)20-11(2)23/h3-10,19H,1-2H3,(H,20,23)(H,21,24)/t10-/m1/s1. The third-order valence-corrected chi connectivity index (χ3v) is 3.41. The molecule has 0 fully saturated rings. The molecule has 0 saturated heterocycles. The third-order valence-electron chi connectivity index (χ3n) is 3.41. The van der Waals surface area contributed by atoms with Crippen molar-refractivity contribution in [1.29, 1.82) is 0 Å². The molecule has 0 saturated carbocycles. The topological polar surface area (TPSA) is 113 Å². The predicted molar refractivity (Wildman–Crippen MR) is 95.5 cm³/mol. The lowest BCUT2D eigenvalue weighted by Gasteiger charge is -2.16. The zero-order chi connectivity index (χ0) is 19.3. The number of amides is 2. The van der Waals surface area contributed by atoms with Gasteiger partial charge < -0.3 is 16.0 Å². The first kappa shape index (κ1) is 18.8. The van der Waals surface area contributed by atoms with E-state index in [1.54, 1.807) is 13.0 Å². The lowest BCUT2D eigenvalue weighted by molar-refractivity contribution is -0.383. The van der Waals surface area contributed by atoms with Gasteiger partial charge in [-0.3, -0.25) is 19.7 Å². The molecule has 9 heteroatoms. The minimum atomic E-state index is -0.773. The number of nitrogens with zero attached hydrogens (tertiary/aromatic N) is 1. The molecule has 0 aliphatic heterocycles. The number of rotatable bonds is 6. The van der Waals surface area contributed by atoms with E-state index in [9.17, 15) is 24.1 Å². The number of anilines is 3. The van der Waals surface area contributed by atoms with Gasteiger partial charge in [0.15, 0.2) is 0 Å². The number of benzene rings is 2. The van der Waals surface area contributed by atoms with Crippen molar-refractivity contribution >= 4 is 34.6 Å². The molecule has 2 aromatic rings. The van der Waals surface area contributed by atoms with Gasteiger partial charge in [-0.05, 0) is 31.2 Å². The van der Waals surface area contributed by atoms with Gasteiger partial charge in [-0.15, -0.1) is 0 Å². The highest BCUT2D eigenvalue weighted by Gasteiger charge is 2.19. The van der Waals surface area contributed by atoms with E-state index < -0.39 is 28.6 Å². The molecule has 0 heterocycles. The van der Waals surface area contributed by atoms with Crippen LogP contribution in [0.4, 0.5) is 27.1 Å². The maximum Gasteiger partial charge on any atom is 0.292 e. The van der Waals surface area contributed by atoms with Crippen molar-refractivity contribution in [3.05, 3.63) is 58.4 Å². The molecule has 0 aliphatic rings. The van der Waals surface area contributed by atoms with Crippen LogP contribution in [0.3, 0.4) is 0 Å². The lowest BCUT2D eigenvalue weighted by atomic mass is 10.2. The lowest BCUT2D eigenvalue weighted by Crippen LogP contribution is -2.32. The highest BCUT2D eigenvalue weighted by atomic mass is 19.1. The Morgan fingerprint density at radius 3 is 2.46 bits per heavy atom. The van der Waals surface area contributed by atoms with Gasteiger partial charge in [-0.2, -0.15) is 0 Å². The molecular formula is C17H17FN4O4. The average molecular weight is 360 g/mol. The largest absolute Gasteiger partial charge is 0.374 e. The number of para-hydroxylation sites is 2. The SMILES string of the molecule is CC(=O)Nc1cc(N[C@H](C)C(=O)Nc2ccccc2[N+](=O)[O-])ccc1F. The molecular weight excluding hydrogens is 343 g/mol. The summed E-state index contributed by atoms with van der Waals surface area (Å²) in [6.07, 6.45) is 0. The van der Waals surface area contributed by atoms with E-state index in [2.05, 4.69) is 16.0 Å². The Kier molecular flexibility index (Phi) is 5.84. The number of nitrogens with one attached hydrogen (secondary N) is 3. The van der Waals surface area contributed by atoms with Crippen LogP contribution < -0.4 is 16.0 Å². The van der Waals surface area contributed by atoms with Crippen molar-refractivity contribution in [1.82, 2.24) is 0 Å². The minimum absolute atomic E-state index is 0.0196. The Morgan fingerprint density at radius 2 is 1.81 bits per heavy atom. The maximum absolute atomic E-state index is 13.6. The van der Waals surface area contributed by atoms with E-state index >= 15 is 0 Å². The Labute approximate surface area is 148 Å². The zero-order valence-electron chi connectivity index (χ0n) is 14.1. The van der Waals surface area contributed by atoms with Crippen LogP contribution in [0.5, 0.6) is 0 Å². The summed E-state index contributed by atoms with van der Waals surface area (Å²) in [5.41, 5.74) is 0.242. The Bertz CT molecular complexity index is 856. The van der Waals surface area contributed by atoms with Crippen molar-refractivity contribution in [2.45, 2.75) is 19.9 Å². The van der Waals surface area contributed by atoms with Crippen LogP contribution in [0.15, 0.2) is 42.5 Å². The molecule has 26 heavy (non-hydrogen) atoms. The van der Waals surface area contributed by atoms with E-state index in [0.717, 1.165) is 6.07 Å². The monoisotopic (exact) mass is 360 g/mol. The molecule has 2 aromatic carbocycles. The summed E-state index contributed by atoms with van der Waals surface area (Å²) in [7, 11) is 0. The molecule has 2 rings (SSSR count). The summed E-state index contributed by atoms with van der Waals surface area (Å²) >= 11 is 0. The van der Waals surface area contributed by atoms with Crippen molar-refractivity contribution in [3.63, 3.8) is 0 Å². The number of nitro benzene ring substituents is 1. The minimum Gasteiger partial charge on any atom is -0.374 e. The molecule has 2 amide bonds. The summed E-state index contributed by atoms with van der Waals surface area (Å²) in [4.78, 5) is 33.8. The van der Waals surface area contributed by atoms with Crippen molar-refractivity contribution in [2.75, 3.05) is 16.0 Å².